The first kappa shape index (κ1) is 12.5. The van der Waals surface area contributed by atoms with Crippen molar-refractivity contribution in [1.82, 2.24) is 19.4 Å². The average molecular weight is 277 g/mol. The summed E-state index contributed by atoms with van der Waals surface area (Å²) in [5.74, 6) is 0.268. The standard InChI is InChI=1S/C12H15N5O3/c13-10-9-8(3-4-14-10)17(11(18)15-9)7-2-1-5-16(6-7)12(19)20/h3-4,7H,1-2,5-6H2,(H2,13,14)(H,15,18)(H,19,20)/t7-/m1/s1. The highest BCUT2D eigenvalue weighted by molar-refractivity contribution is 5.84. The number of likely N-dealkylation sites (tertiary alicyclic amines) is 1. The molecule has 1 saturated heterocycles. The normalized spacial score (nSPS) is 19.4. The van der Waals surface area contributed by atoms with E-state index < -0.39 is 6.09 Å². The first-order chi connectivity index (χ1) is 9.58. The highest BCUT2D eigenvalue weighted by Gasteiger charge is 2.27. The number of nitrogens with two attached hydrogens (primary N) is 1. The number of hydrogen-bond acceptors (Lipinski definition) is 4. The van der Waals surface area contributed by atoms with E-state index in [0.717, 1.165) is 12.8 Å². The van der Waals surface area contributed by atoms with Crippen LogP contribution in [0.3, 0.4) is 0 Å². The maximum Gasteiger partial charge on any atom is 0.407 e. The van der Waals surface area contributed by atoms with E-state index in [1.807, 2.05) is 0 Å². The van der Waals surface area contributed by atoms with Gasteiger partial charge in [-0.2, -0.15) is 0 Å². The summed E-state index contributed by atoms with van der Waals surface area (Å²) in [6.45, 7) is 0.817. The summed E-state index contributed by atoms with van der Waals surface area (Å²) in [5.41, 5.74) is 6.63. The lowest BCUT2D eigenvalue weighted by atomic mass is 10.1. The van der Waals surface area contributed by atoms with Gasteiger partial charge in [0.15, 0.2) is 0 Å². The molecule has 8 nitrogen and oxygen atoms in total. The molecule has 1 atom stereocenters. The zero-order chi connectivity index (χ0) is 14.3. The van der Waals surface area contributed by atoms with Crippen molar-refractivity contribution in [1.29, 1.82) is 0 Å². The highest BCUT2D eigenvalue weighted by Crippen LogP contribution is 2.25. The summed E-state index contributed by atoms with van der Waals surface area (Å²) < 4.78 is 1.59. The molecule has 1 fully saturated rings. The zero-order valence-electron chi connectivity index (χ0n) is 10.7. The summed E-state index contributed by atoms with van der Waals surface area (Å²) >= 11 is 0. The van der Waals surface area contributed by atoms with Gasteiger partial charge in [0, 0.05) is 19.3 Å². The predicted molar refractivity (Wildman–Crippen MR) is 72.6 cm³/mol. The molecule has 3 rings (SSSR count). The van der Waals surface area contributed by atoms with Crippen LogP contribution in [0.4, 0.5) is 10.6 Å². The lowest BCUT2D eigenvalue weighted by Crippen LogP contribution is -2.41. The number of H-pyrrole nitrogens is 1. The van der Waals surface area contributed by atoms with E-state index in [0.29, 0.717) is 24.1 Å². The topological polar surface area (TPSA) is 117 Å². The van der Waals surface area contributed by atoms with Crippen LogP contribution in [0.25, 0.3) is 11.0 Å². The number of aromatic nitrogens is 3. The first-order valence-electron chi connectivity index (χ1n) is 6.40. The van der Waals surface area contributed by atoms with Gasteiger partial charge in [0.25, 0.3) is 0 Å². The number of pyridine rings is 1. The molecule has 0 aliphatic carbocycles. The maximum atomic E-state index is 12.1. The molecule has 106 valence electrons. The fourth-order valence-corrected chi connectivity index (χ4v) is 2.77. The second-order valence-corrected chi connectivity index (χ2v) is 4.92. The van der Waals surface area contributed by atoms with Crippen molar-refractivity contribution in [2.45, 2.75) is 18.9 Å². The minimum Gasteiger partial charge on any atom is -0.465 e. The van der Waals surface area contributed by atoms with E-state index in [-0.39, 0.29) is 17.5 Å². The van der Waals surface area contributed by atoms with Crippen molar-refractivity contribution in [3.8, 4) is 0 Å². The van der Waals surface area contributed by atoms with Gasteiger partial charge in [0.2, 0.25) is 0 Å². The molecule has 4 N–H and O–H groups in total. The fraction of sp³-hybridized carbons (Fsp3) is 0.417. The molecule has 1 amide bonds. The summed E-state index contributed by atoms with van der Waals surface area (Å²) in [7, 11) is 0. The van der Waals surface area contributed by atoms with Crippen LogP contribution in [0.5, 0.6) is 0 Å². The molecular weight excluding hydrogens is 262 g/mol. The van der Waals surface area contributed by atoms with Crippen molar-refractivity contribution in [2.75, 3.05) is 18.8 Å². The average Bonchev–Trinajstić information content (AvgIpc) is 2.77. The third-order valence-corrected chi connectivity index (χ3v) is 3.70. The summed E-state index contributed by atoms with van der Waals surface area (Å²) in [5, 5.41) is 9.08. The number of imidazole rings is 1. The Labute approximate surface area is 113 Å². The monoisotopic (exact) mass is 277 g/mol. The Balaban J connectivity index is 2.06. The molecule has 2 aromatic rings. The van der Waals surface area contributed by atoms with Crippen LogP contribution >= 0.6 is 0 Å². The number of rotatable bonds is 1. The van der Waals surface area contributed by atoms with Crippen molar-refractivity contribution in [3.05, 3.63) is 22.7 Å². The molecule has 0 aromatic carbocycles. The SMILES string of the molecule is Nc1nccc2c1[nH]c(=O)n2[C@@H]1CCCN(C(=O)O)C1. The largest absolute Gasteiger partial charge is 0.465 e. The fourth-order valence-electron chi connectivity index (χ4n) is 2.77. The van der Waals surface area contributed by atoms with Crippen LogP contribution in [-0.4, -0.2) is 43.7 Å². The number of piperidine rings is 1. The number of carbonyl (C=O) groups is 1. The Bertz CT molecular complexity index is 719. The zero-order valence-corrected chi connectivity index (χ0v) is 10.7. The number of amides is 1. The second kappa shape index (κ2) is 4.55. The Hall–Kier alpha value is -2.51. The third-order valence-electron chi connectivity index (χ3n) is 3.70. The number of anilines is 1. The number of nitrogen functional groups attached to an aromatic ring is 1. The van der Waals surface area contributed by atoms with Gasteiger partial charge in [-0.05, 0) is 18.9 Å². The van der Waals surface area contributed by atoms with Gasteiger partial charge in [-0.3, -0.25) is 4.57 Å². The molecule has 3 heterocycles. The minimum absolute atomic E-state index is 0.178. The number of aromatic amines is 1. The van der Waals surface area contributed by atoms with Crippen LogP contribution in [0.1, 0.15) is 18.9 Å². The Morgan fingerprint density at radius 2 is 2.35 bits per heavy atom. The molecule has 0 unspecified atom stereocenters. The van der Waals surface area contributed by atoms with Gasteiger partial charge in [0.05, 0.1) is 11.6 Å². The van der Waals surface area contributed by atoms with Crippen molar-refractivity contribution < 1.29 is 9.90 Å². The quantitative estimate of drug-likeness (QED) is 0.706. The van der Waals surface area contributed by atoms with Crippen molar-refractivity contribution in [3.63, 3.8) is 0 Å². The van der Waals surface area contributed by atoms with E-state index in [1.54, 1.807) is 16.8 Å². The second-order valence-electron chi connectivity index (χ2n) is 4.92. The molecular formula is C12H15N5O3. The van der Waals surface area contributed by atoms with Crippen LogP contribution < -0.4 is 11.4 Å². The lowest BCUT2D eigenvalue weighted by Gasteiger charge is -2.31. The number of carboxylic acid groups (broad SMARTS) is 1. The molecule has 0 saturated carbocycles. The van der Waals surface area contributed by atoms with Gasteiger partial charge in [-0.15, -0.1) is 0 Å². The lowest BCUT2D eigenvalue weighted by molar-refractivity contribution is 0.121. The Morgan fingerprint density at radius 1 is 1.55 bits per heavy atom. The molecule has 20 heavy (non-hydrogen) atoms. The van der Waals surface area contributed by atoms with Gasteiger partial charge in [0.1, 0.15) is 11.3 Å². The number of hydrogen-bond donors (Lipinski definition) is 3. The van der Waals surface area contributed by atoms with Crippen LogP contribution in [-0.2, 0) is 0 Å². The molecule has 0 spiro atoms. The van der Waals surface area contributed by atoms with Gasteiger partial charge < -0.3 is 20.7 Å². The summed E-state index contributed by atoms with van der Waals surface area (Å²) in [6.07, 6.45) is 2.08. The van der Waals surface area contributed by atoms with Gasteiger partial charge >= 0.3 is 11.8 Å². The van der Waals surface area contributed by atoms with Crippen LogP contribution in [0.15, 0.2) is 17.1 Å². The Kier molecular flexibility index (Phi) is 2.85. The number of nitrogens with zero attached hydrogens (tertiary/aromatic N) is 3. The van der Waals surface area contributed by atoms with E-state index in [1.165, 1.54) is 4.90 Å². The maximum absolute atomic E-state index is 12.1. The third kappa shape index (κ3) is 1.89. The summed E-state index contributed by atoms with van der Waals surface area (Å²) in [6, 6.07) is 1.53. The van der Waals surface area contributed by atoms with E-state index in [2.05, 4.69) is 9.97 Å². The number of fused-ring (bicyclic) bond motifs is 1. The predicted octanol–water partition coefficient (Wildman–Crippen LogP) is 0.622. The van der Waals surface area contributed by atoms with Crippen LogP contribution in [0.2, 0.25) is 0 Å². The molecule has 0 radical (unpaired) electrons. The van der Waals surface area contributed by atoms with Crippen LogP contribution in [0, 0.1) is 0 Å². The summed E-state index contributed by atoms with van der Waals surface area (Å²) in [4.78, 5) is 31.2. The number of nitrogens with one attached hydrogen (secondary N) is 1. The Morgan fingerprint density at radius 3 is 3.10 bits per heavy atom. The van der Waals surface area contributed by atoms with Gasteiger partial charge in [-0.25, -0.2) is 14.6 Å². The minimum atomic E-state index is -0.955. The molecule has 0 bridgehead atoms. The van der Waals surface area contributed by atoms with Gasteiger partial charge in [-0.1, -0.05) is 0 Å². The van der Waals surface area contributed by atoms with Crippen molar-refractivity contribution in [2.24, 2.45) is 0 Å². The van der Waals surface area contributed by atoms with E-state index >= 15 is 0 Å². The van der Waals surface area contributed by atoms with Crippen molar-refractivity contribution >= 4 is 22.9 Å². The van der Waals surface area contributed by atoms with E-state index in [9.17, 15) is 9.59 Å². The molecule has 1 aliphatic heterocycles. The van der Waals surface area contributed by atoms with E-state index in [4.69, 9.17) is 10.8 Å². The first-order valence-corrected chi connectivity index (χ1v) is 6.40. The molecule has 2 aromatic heterocycles. The molecule has 8 heteroatoms. The smallest absolute Gasteiger partial charge is 0.407 e. The molecule has 1 aliphatic rings. The highest BCUT2D eigenvalue weighted by atomic mass is 16.4.